The van der Waals surface area contributed by atoms with Crippen LogP contribution in [0, 0.1) is 5.82 Å². The van der Waals surface area contributed by atoms with E-state index in [0.717, 1.165) is 24.2 Å². The number of hydrogen-bond acceptors (Lipinski definition) is 4. The van der Waals surface area contributed by atoms with Crippen molar-refractivity contribution in [1.82, 2.24) is 24.5 Å². The number of hydrogen-bond donors (Lipinski definition) is 1. The Bertz CT molecular complexity index is 929. The molecule has 0 atom stereocenters. The van der Waals surface area contributed by atoms with E-state index in [2.05, 4.69) is 20.0 Å². The molecule has 0 unspecified atom stereocenters. The largest absolute Gasteiger partial charge is 0.348 e. The molecule has 1 N–H and O–H groups in total. The molecule has 0 radical (unpaired) electrons. The Morgan fingerprint density at radius 3 is 2.95 bits per heavy atom. The van der Waals surface area contributed by atoms with Crippen LogP contribution in [0.25, 0.3) is 17.0 Å². The van der Waals surface area contributed by atoms with E-state index in [0.29, 0.717) is 17.8 Å². The number of aromatic nitrogens is 4. The molecular formula is C15H14FN5O. The molecule has 1 aliphatic rings. The molecule has 0 saturated carbocycles. The van der Waals surface area contributed by atoms with Crippen LogP contribution >= 0.6 is 0 Å². The van der Waals surface area contributed by atoms with E-state index in [1.807, 2.05) is 7.05 Å². The number of fused-ring (bicyclic) bond motifs is 3. The lowest BCUT2D eigenvalue weighted by atomic mass is 10.1. The normalized spacial score (nSPS) is 15.2. The fourth-order valence-electron chi connectivity index (χ4n) is 2.83. The SMILES string of the molecule is CN1CCc2[nH]c(=O)n3nc(-c4ccccc4F)nc3c2C1. The Labute approximate surface area is 125 Å². The van der Waals surface area contributed by atoms with Crippen LogP contribution in [0.1, 0.15) is 11.3 Å². The summed E-state index contributed by atoms with van der Waals surface area (Å²) in [6, 6.07) is 6.29. The van der Waals surface area contributed by atoms with E-state index < -0.39 is 5.82 Å². The van der Waals surface area contributed by atoms with E-state index in [-0.39, 0.29) is 11.5 Å². The van der Waals surface area contributed by atoms with Gasteiger partial charge < -0.3 is 9.88 Å². The van der Waals surface area contributed by atoms with Gasteiger partial charge in [0.25, 0.3) is 0 Å². The van der Waals surface area contributed by atoms with Gasteiger partial charge in [-0.2, -0.15) is 4.52 Å². The summed E-state index contributed by atoms with van der Waals surface area (Å²) in [7, 11) is 2.01. The predicted molar refractivity (Wildman–Crippen MR) is 79.0 cm³/mol. The van der Waals surface area contributed by atoms with Crippen molar-refractivity contribution in [3.05, 3.63) is 51.8 Å². The average Bonchev–Trinajstić information content (AvgIpc) is 2.94. The van der Waals surface area contributed by atoms with E-state index in [4.69, 9.17) is 0 Å². The third kappa shape index (κ3) is 1.93. The topological polar surface area (TPSA) is 66.3 Å². The van der Waals surface area contributed by atoms with Crippen LogP contribution < -0.4 is 5.69 Å². The van der Waals surface area contributed by atoms with Gasteiger partial charge in [-0.3, -0.25) is 0 Å². The van der Waals surface area contributed by atoms with Crippen LogP contribution in [0.2, 0.25) is 0 Å². The van der Waals surface area contributed by atoms with Gasteiger partial charge in [-0.15, -0.1) is 5.10 Å². The molecule has 112 valence electrons. The van der Waals surface area contributed by atoms with Gasteiger partial charge >= 0.3 is 5.69 Å². The van der Waals surface area contributed by atoms with Gasteiger partial charge in [0.2, 0.25) is 0 Å². The maximum Gasteiger partial charge on any atom is 0.348 e. The Morgan fingerprint density at radius 2 is 2.14 bits per heavy atom. The van der Waals surface area contributed by atoms with Crippen LogP contribution in [0.3, 0.4) is 0 Å². The second kappa shape index (κ2) is 4.74. The van der Waals surface area contributed by atoms with E-state index >= 15 is 0 Å². The Hall–Kier alpha value is -2.54. The lowest BCUT2D eigenvalue weighted by molar-refractivity contribution is 0.310. The summed E-state index contributed by atoms with van der Waals surface area (Å²) in [6.07, 6.45) is 0.763. The minimum atomic E-state index is -0.402. The first kappa shape index (κ1) is 13.1. The van der Waals surface area contributed by atoms with Gasteiger partial charge in [0.1, 0.15) is 5.82 Å². The first-order chi connectivity index (χ1) is 10.6. The van der Waals surface area contributed by atoms with Gasteiger partial charge in [-0.1, -0.05) is 12.1 Å². The predicted octanol–water partition coefficient (Wildman–Crippen LogP) is 1.21. The highest BCUT2D eigenvalue weighted by Gasteiger charge is 2.21. The van der Waals surface area contributed by atoms with Crippen molar-refractivity contribution in [3.63, 3.8) is 0 Å². The van der Waals surface area contributed by atoms with Crippen molar-refractivity contribution in [2.75, 3.05) is 13.6 Å². The van der Waals surface area contributed by atoms with Crippen molar-refractivity contribution < 1.29 is 4.39 Å². The zero-order chi connectivity index (χ0) is 15.3. The molecule has 3 heterocycles. The van der Waals surface area contributed by atoms with Crippen LogP contribution in [-0.4, -0.2) is 38.1 Å². The monoisotopic (exact) mass is 299 g/mol. The Balaban J connectivity index is 1.98. The molecule has 4 rings (SSSR count). The Morgan fingerprint density at radius 1 is 1.32 bits per heavy atom. The van der Waals surface area contributed by atoms with Crippen molar-refractivity contribution in [2.24, 2.45) is 0 Å². The molecule has 0 aliphatic carbocycles. The number of rotatable bonds is 1. The molecule has 0 spiro atoms. The highest BCUT2D eigenvalue weighted by atomic mass is 19.1. The zero-order valence-corrected chi connectivity index (χ0v) is 12.0. The van der Waals surface area contributed by atoms with E-state index in [1.165, 1.54) is 10.6 Å². The number of H-pyrrole nitrogens is 1. The van der Waals surface area contributed by atoms with E-state index in [1.54, 1.807) is 18.2 Å². The lowest BCUT2D eigenvalue weighted by Crippen LogP contribution is -2.31. The zero-order valence-electron chi connectivity index (χ0n) is 12.0. The highest BCUT2D eigenvalue weighted by molar-refractivity contribution is 5.61. The molecule has 6 nitrogen and oxygen atoms in total. The van der Waals surface area contributed by atoms with Crippen molar-refractivity contribution in [1.29, 1.82) is 0 Å². The minimum absolute atomic E-state index is 0.227. The molecule has 2 aromatic heterocycles. The Kier molecular flexibility index (Phi) is 2.83. The standard InChI is InChI=1S/C15H14FN5O/c1-20-7-6-12-10(8-20)14-18-13(19-21(14)15(22)17-12)9-4-2-3-5-11(9)16/h2-5H,6-8H2,1H3,(H,17,22). The molecular weight excluding hydrogens is 285 g/mol. The summed E-state index contributed by atoms with van der Waals surface area (Å²) in [5.74, 6) is -0.175. The van der Waals surface area contributed by atoms with Gasteiger partial charge in [0, 0.05) is 30.8 Å². The second-order valence-corrected chi connectivity index (χ2v) is 5.53. The lowest BCUT2D eigenvalue weighted by Gasteiger charge is -2.24. The third-order valence-electron chi connectivity index (χ3n) is 3.98. The van der Waals surface area contributed by atoms with Crippen molar-refractivity contribution >= 4 is 5.65 Å². The van der Waals surface area contributed by atoms with Crippen LogP contribution in [0.5, 0.6) is 0 Å². The summed E-state index contributed by atoms with van der Waals surface area (Å²) >= 11 is 0. The smallest absolute Gasteiger partial charge is 0.309 e. The van der Waals surface area contributed by atoms with Gasteiger partial charge in [-0.05, 0) is 19.2 Å². The molecule has 0 saturated heterocycles. The molecule has 22 heavy (non-hydrogen) atoms. The number of aromatic amines is 1. The number of benzene rings is 1. The summed E-state index contributed by atoms with van der Waals surface area (Å²) in [4.78, 5) is 21.6. The number of halogens is 1. The van der Waals surface area contributed by atoms with Crippen molar-refractivity contribution in [2.45, 2.75) is 13.0 Å². The fourth-order valence-corrected chi connectivity index (χ4v) is 2.83. The van der Waals surface area contributed by atoms with Crippen LogP contribution in [0.4, 0.5) is 4.39 Å². The molecule has 0 amide bonds. The third-order valence-corrected chi connectivity index (χ3v) is 3.98. The molecule has 0 bridgehead atoms. The van der Waals surface area contributed by atoms with Crippen LogP contribution in [0.15, 0.2) is 29.1 Å². The first-order valence-electron chi connectivity index (χ1n) is 7.08. The average molecular weight is 299 g/mol. The molecule has 1 aliphatic heterocycles. The van der Waals surface area contributed by atoms with Crippen molar-refractivity contribution in [3.8, 4) is 11.4 Å². The minimum Gasteiger partial charge on any atom is -0.309 e. The summed E-state index contributed by atoms with van der Waals surface area (Å²) < 4.78 is 15.1. The molecule has 7 heteroatoms. The quantitative estimate of drug-likeness (QED) is 0.733. The van der Waals surface area contributed by atoms with Gasteiger partial charge in [0.05, 0.1) is 5.56 Å². The summed E-state index contributed by atoms with van der Waals surface area (Å²) in [5, 5.41) is 4.18. The first-order valence-corrected chi connectivity index (χ1v) is 7.08. The molecule has 3 aromatic rings. The molecule has 1 aromatic carbocycles. The van der Waals surface area contributed by atoms with Crippen LogP contribution in [-0.2, 0) is 13.0 Å². The summed E-state index contributed by atoms with van der Waals surface area (Å²) in [6.45, 7) is 1.57. The van der Waals surface area contributed by atoms with E-state index in [9.17, 15) is 9.18 Å². The summed E-state index contributed by atoms with van der Waals surface area (Å²) in [5.41, 5.74) is 2.30. The maximum absolute atomic E-state index is 13.9. The maximum atomic E-state index is 13.9. The van der Waals surface area contributed by atoms with Gasteiger partial charge in [-0.25, -0.2) is 14.2 Å². The number of nitrogens with zero attached hydrogens (tertiary/aromatic N) is 4. The second-order valence-electron chi connectivity index (χ2n) is 5.53. The van der Waals surface area contributed by atoms with Gasteiger partial charge in [0.15, 0.2) is 11.5 Å². The fraction of sp³-hybridized carbons (Fsp3) is 0.267. The number of nitrogens with one attached hydrogen (secondary N) is 1. The molecule has 0 fully saturated rings. The highest BCUT2D eigenvalue weighted by Crippen LogP contribution is 2.23. The number of likely N-dealkylation sites (N-methyl/N-ethyl adjacent to an activating group) is 1.